The fraction of sp³-hybridized carbons (Fsp3) is 0.522. The maximum atomic E-state index is 14.2. The van der Waals surface area contributed by atoms with Crippen molar-refractivity contribution in [2.45, 2.75) is 51.7 Å². The standard InChI is InChI=1S/C23H27ClFN7O2S/c1-13(2)22-10-23(14(3)4,11-30(22)17-7-15(25)5-6-16(17)24)31(12-22)21-26-8-18(35-21)20-27-29-32(28-20)9-19(33)34/h5-8,13-14H,9-12H2,1-4H3,(H,33,34). The average molecular weight is 520 g/mol. The second-order valence-electron chi connectivity index (χ2n) is 10.0. The van der Waals surface area contributed by atoms with Gasteiger partial charge in [-0.05, 0) is 41.7 Å². The number of fused-ring (bicyclic) bond motifs is 2. The van der Waals surface area contributed by atoms with Gasteiger partial charge in [-0.2, -0.15) is 4.80 Å². The molecule has 2 bridgehead atoms. The molecule has 2 saturated heterocycles. The number of benzene rings is 1. The number of hydrogen-bond donors (Lipinski definition) is 1. The van der Waals surface area contributed by atoms with E-state index in [1.807, 2.05) is 0 Å². The van der Waals surface area contributed by atoms with Gasteiger partial charge in [-0.3, -0.25) is 4.79 Å². The Morgan fingerprint density at radius 2 is 1.89 bits per heavy atom. The van der Waals surface area contributed by atoms with Crippen molar-refractivity contribution >= 4 is 39.7 Å². The van der Waals surface area contributed by atoms with Crippen LogP contribution in [-0.4, -0.2) is 60.4 Å². The number of nitrogens with zero attached hydrogens (tertiary/aromatic N) is 7. The Morgan fingerprint density at radius 1 is 1.20 bits per heavy atom. The first kappa shape index (κ1) is 23.9. The predicted molar refractivity (Wildman–Crippen MR) is 132 cm³/mol. The minimum Gasteiger partial charge on any atom is -0.480 e. The lowest BCUT2D eigenvalue weighted by Gasteiger charge is -2.50. The lowest BCUT2D eigenvalue weighted by atomic mass is 9.80. The summed E-state index contributed by atoms with van der Waals surface area (Å²) < 4.78 is 14.2. The molecule has 1 aromatic carbocycles. The Morgan fingerprint density at radius 3 is 2.57 bits per heavy atom. The molecule has 4 heterocycles. The molecule has 3 aromatic rings. The molecule has 0 saturated carbocycles. The third-order valence-electron chi connectivity index (χ3n) is 7.57. The van der Waals surface area contributed by atoms with Crippen LogP contribution >= 0.6 is 22.9 Å². The van der Waals surface area contributed by atoms with Gasteiger partial charge in [0.2, 0.25) is 5.82 Å². The number of rotatable bonds is 7. The van der Waals surface area contributed by atoms with Crippen molar-refractivity contribution in [2.75, 3.05) is 22.9 Å². The lowest BCUT2D eigenvalue weighted by Crippen LogP contribution is -2.62. The number of aliphatic carboxylic acids is 1. The van der Waals surface area contributed by atoms with E-state index in [2.05, 4.69) is 52.9 Å². The van der Waals surface area contributed by atoms with Crippen LogP contribution in [0.2, 0.25) is 5.02 Å². The summed E-state index contributed by atoms with van der Waals surface area (Å²) >= 11 is 8.04. The molecule has 2 unspecified atom stereocenters. The highest BCUT2D eigenvalue weighted by Gasteiger charge is 2.65. The smallest absolute Gasteiger partial charge is 0.327 e. The summed E-state index contributed by atoms with van der Waals surface area (Å²) in [7, 11) is 0. The lowest BCUT2D eigenvalue weighted by molar-refractivity contribution is -0.138. The van der Waals surface area contributed by atoms with Crippen LogP contribution in [0.5, 0.6) is 0 Å². The number of carbonyl (C=O) groups is 1. The molecule has 2 aliphatic rings. The van der Waals surface area contributed by atoms with Crippen molar-refractivity contribution in [2.24, 2.45) is 11.8 Å². The Balaban J connectivity index is 1.51. The highest BCUT2D eigenvalue weighted by Crippen LogP contribution is 2.57. The maximum Gasteiger partial charge on any atom is 0.327 e. The fourth-order valence-electron chi connectivity index (χ4n) is 5.56. The Bertz CT molecular complexity index is 1280. The maximum absolute atomic E-state index is 14.2. The molecular formula is C23H27ClFN7O2S. The summed E-state index contributed by atoms with van der Waals surface area (Å²) in [5.41, 5.74) is 0.279. The summed E-state index contributed by atoms with van der Waals surface area (Å²) in [5, 5.41) is 22.4. The molecule has 9 nitrogen and oxygen atoms in total. The third kappa shape index (κ3) is 3.76. The Hall–Kier alpha value is -2.79. The van der Waals surface area contributed by atoms with E-state index in [9.17, 15) is 9.18 Å². The number of hydrogen-bond acceptors (Lipinski definition) is 8. The molecule has 0 aliphatic carbocycles. The van der Waals surface area contributed by atoms with Crippen LogP contribution in [0.1, 0.15) is 34.1 Å². The molecule has 2 atom stereocenters. The molecule has 2 aromatic heterocycles. The molecular weight excluding hydrogens is 493 g/mol. The second kappa shape index (κ2) is 8.41. The summed E-state index contributed by atoms with van der Waals surface area (Å²) in [5.74, 6) is -0.404. The first-order valence-corrected chi connectivity index (χ1v) is 12.7. The molecule has 0 amide bonds. The van der Waals surface area contributed by atoms with Gasteiger partial charge in [-0.15, -0.1) is 10.2 Å². The van der Waals surface area contributed by atoms with Gasteiger partial charge in [0.15, 0.2) is 11.7 Å². The average Bonchev–Trinajstić information content (AvgIpc) is 3.56. The quantitative estimate of drug-likeness (QED) is 0.496. The van der Waals surface area contributed by atoms with Crippen LogP contribution in [0.15, 0.2) is 24.4 Å². The van der Waals surface area contributed by atoms with Crippen molar-refractivity contribution < 1.29 is 14.3 Å². The van der Waals surface area contributed by atoms with E-state index in [0.29, 0.717) is 23.3 Å². The van der Waals surface area contributed by atoms with E-state index in [1.165, 1.54) is 17.4 Å². The minimum atomic E-state index is -1.03. The highest BCUT2D eigenvalue weighted by atomic mass is 35.5. The van der Waals surface area contributed by atoms with E-state index >= 15 is 0 Å². The largest absolute Gasteiger partial charge is 0.480 e. The predicted octanol–water partition coefficient (Wildman–Crippen LogP) is 4.19. The number of carboxylic acids is 1. The molecule has 0 spiro atoms. The Labute approximate surface area is 211 Å². The topological polar surface area (TPSA) is 100 Å². The van der Waals surface area contributed by atoms with Crippen LogP contribution in [0.3, 0.4) is 0 Å². The third-order valence-corrected chi connectivity index (χ3v) is 8.91. The number of thiazole rings is 1. The number of carboxylic acid groups (broad SMARTS) is 1. The number of anilines is 2. The number of piperazine rings is 1. The highest BCUT2D eigenvalue weighted by molar-refractivity contribution is 7.18. The van der Waals surface area contributed by atoms with E-state index in [-0.39, 0.29) is 29.4 Å². The number of aromatic nitrogens is 5. The summed E-state index contributed by atoms with van der Waals surface area (Å²) in [4.78, 5) is 22.1. The van der Waals surface area contributed by atoms with E-state index < -0.39 is 5.97 Å². The normalized spacial score (nSPS) is 23.8. The van der Waals surface area contributed by atoms with Gasteiger partial charge in [0.25, 0.3) is 0 Å². The van der Waals surface area contributed by atoms with Gasteiger partial charge < -0.3 is 14.9 Å². The zero-order chi connectivity index (χ0) is 25.1. The molecule has 1 N–H and O–H groups in total. The van der Waals surface area contributed by atoms with E-state index in [4.69, 9.17) is 21.7 Å². The van der Waals surface area contributed by atoms with Crippen molar-refractivity contribution in [1.29, 1.82) is 0 Å². The van der Waals surface area contributed by atoms with Gasteiger partial charge >= 0.3 is 5.97 Å². The van der Waals surface area contributed by atoms with Crippen LogP contribution in [0.25, 0.3) is 10.7 Å². The van der Waals surface area contributed by atoms with Gasteiger partial charge in [-0.1, -0.05) is 50.6 Å². The van der Waals surface area contributed by atoms with Crippen molar-refractivity contribution in [3.8, 4) is 10.7 Å². The number of tetrazole rings is 1. The van der Waals surface area contributed by atoms with Crippen LogP contribution in [-0.2, 0) is 11.3 Å². The molecule has 12 heteroatoms. The van der Waals surface area contributed by atoms with Crippen LogP contribution in [0, 0.1) is 17.7 Å². The molecule has 0 radical (unpaired) electrons. The Kier molecular flexibility index (Phi) is 5.75. The zero-order valence-corrected chi connectivity index (χ0v) is 21.5. The van der Waals surface area contributed by atoms with E-state index in [1.54, 1.807) is 18.3 Å². The molecule has 5 rings (SSSR count). The fourth-order valence-corrected chi connectivity index (χ4v) is 6.72. The SMILES string of the molecule is CC(C)C12CN(c3cc(F)ccc3Cl)C(C(C)C)(CN1c1ncc(-c3nnn(CC(=O)O)n3)s1)C2. The zero-order valence-electron chi connectivity index (χ0n) is 19.9. The van der Waals surface area contributed by atoms with Crippen molar-refractivity contribution in [1.82, 2.24) is 25.2 Å². The van der Waals surface area contributed by atoms with Crippen molar-refractivity contribution in [3.63, 3.8) is 0 Å². The summed E-state index contributed by atoms with van der Waals surface area (Å²) in [6, 6.07) is 4.56. The first-order valence-electron chi connectivity index (χ1n) is 11.5. The summed E-state index contributed by atoms with van der Waals surface area (Å²) in [6.45, 7) is 9.92. The van der Waals surface area contributed by atoms with Crippen LogP contribution < -0.4 is 9.80 Å². The van der Waals surface area contributed by atoms with Gasteiger partial charge in [0.1, 0.15) is 5.82 Å². The molecule has 186 valence electrons. The van der Waals surface area contributed by atoms with Gasteiger partial charge in [0, 0.05) is 13.1 Å². The van der Waals surface area contributed by atoms with Gasteiger partial charge in [-0.25, -0.2) is 9.37 Å². The van der Waals surface area contributed by atoms with Crippen LogP contribution in [0.4, 0.5) is 15.2 Å². The monoisotopic (exact) mass is 519 g/mol. The number of halogens is 2. The minimum absolute atomic E-state index is 0.219. The second-order valence-corrected chi connectivity index (χ2v) is 11.4. The molecule has 2 fully saturated rings. The first-order chi connectivity index (χ1) is 16.6. The summed E-state index contributed by atoms with van der Waals surface area (Å²) in [6.07, 6.45) is 2.62. The van der Waals surface area contributed by atoms with Gasteiger partial charge in [0.05, 0.1) is 32.9 Å². The van der Waals surface area contributed by atoms with E-state index in [0.717, 1.165) is 33.5 Å². The van der Waals surface area contributed by atoms with Crippen molar-refractivity contribution in [3.05, 3.63) is 35.2 Å². The molecule has 35 heavy (non-hydrogen) atoms. The molecule has 2 aliphatic heterocycles.